The largest absolute Gasteiger partial charge is 0.455 e. The molecule has 0 amide bonds. The molecule has 0 unspecified atom stereocenters. The first-order chi connectivity index (χ1) is 31.8. The molecule has 2 heterocycles. The van der Waals surface area contributed by atoms with Crippen LogP contribution in [0.15, 0.2) is 65.1 Å². The molecule has 0 aliphatic heterocycles. The summed E-state index contributed by atoms with van der Waals surface area (Å²) in [5.74, 6) is 0. The Morgan fingerprint density at radius 2 is 0.625 bits per heavy atom. The Bertz CT molecular complexity index is 1990. The molecule has 0 N–H and O–H groups in total. The van der Waals surface area contributed by atoms with E-state index in [2.05, 4.69) is 74.5 Å². The number of benzene rings is 4. The first kappa shape index (κ1) is 50.6. The Hall–Kier alpha value is -2.84. The molecule has 6 rings (SSSR count). The maximum atomic E-state index is 6.72. The van der Waals surface area contributed by atoms with E-state index in [9.17, 15) is 0 Å². The molecule has 64 heavy (non-hydrogen) atoms. The maximum absolute atomic E-state index is 6.72. The van der Waals surface area contributed by atoms with Crippen LogP contribution >= 0.6 is 11.3 Å². The molecule has 0 saturated carbocycles. The van der Waals surface area contributed by atoms with Gasteiger partial charge in [0.25, 0.3) is 0 Å². The lowest BCUT2D eigenvalue weighted by molar-refractivity contribution is 0.525. The van der Waals surface area contributed by atoms with Crippen LogP contribution in [0.4, 0.5) is 0 Å². The van der Waals surface area contributed by atoms with Crippen LogP contribution in [0.3, 0.4) is 0 Å². The second-order valence-electron chi connectivity index (χ2n) is 20.4. The Balaban J connectivity index is 0.857. The van der Waals surface area contributed by atoms with Crippen molar-refractivity contribution >= 4 is 64.2 Å². The third-order valence-corrected chi connectivity index (χ3v) is 16.0. The zero-order valence-corrected chi connectivity index (χ0v) is 42.3. The zero-order chi connectivity index (χ0) is 44.3. The van der Waals surface area contributed by atoms with Gasteiger partial charge >= 0.3 is 0 Å². The van der Waals surface area contributed by atoms with E-state index < -0.39 is 0 Å². The summed E-state index contributed by atoms with van der Waals surface area (Å²) in [5.41, 5.74) is 5.01. The lowest BCUT2D eigenvalue weighted by Crippen LogP contribution is -1.87. The summed E-state index contributed by atoms with van der Waals surface area (Å²) in [6.45, 7) is 4.62. The lowest BCUT2D eigenvalue weighted by atomic mass is 10.0. The van der Waals surface area contributed by atoms with Gasteiger partial charge < -0.3 is 4.42 Å². The van der Waals surface area contributed by atoms with Crippen LogP contribution in [-0.2, 0) is 12.8 Å². The normalized spacial score (nSPS) is 12.1. The highest BCUT2D eigenvalue weighted by atomic mass is 32.1. The smallest absolute Gasteiger partial charge is 0.143 e. The summed E-state index contributed by atoms with van der Waals surface area (Å²) in [7, 11) is 0. The Labute approximate surface area is 396 Å². The summed E-state index contributed by atoms with van der Waals surface area (Å²) in [6.07, 6.45) is 53.7. The van der Waals surface area contributed by atoms with Crippen molar-refractivity contribution in [2.24, 2.45) is 0 Å². The second-order valence-corrected chi connectivity index (χ2v) is 21.4. The number of hydrogen-bond acceptors (Lipinski definition) is 2. The quantitative estimate of drug-likeness (QED) is 0.0353. The van der Waals surface area contributed by atoms with Crippen LogP contribution in [0.25, 0.3) is 52.9 Å². The molecule has 0 aliphatic rings. The van der Waals surface area contributed by atoms with Crippen molar-refractivity contribution in [2.45, 2.75) is 258 Å². The van der Waals surface area contributed by atoms with Gasteiger partial charge in [0.2, 0.25) is 0 Å². The van der Waals surface area contributed by atoms with E-state index in [4.69, 9.17) is 4.42 Å². The second kappa shape index (κ2) is 30.4. The summed E-state index contributed by atoms with van der Waals surface area (Å²) >= 11 is 1.97. The fourth-order valence-corrected chi connectivity index (χ4v) is 12.0. The minimum Gasteiger partial charge on any atom is -0.455 e. The fraction of sp³-hybridized carbons (Fsp3) is 0.645. The molecule has 0 saturated heterocycles. The molecule has 0 spiro atoms. The van der Waals surface area contributed by atoms with Crippen LogP contribution in [-0.4, -0.2) is 0 Å². The number of thiophene rings is 1. The van der Waals surface area contributed by atoms with Crippen LogP contribution in [0.5, 0.6) is 0 Å². The third kappa shape index (κ3) is 16.8. The van der Waals surface area contributed by atoms with Gasteiger partial charge in [-0.05, 0) is 61.1 Å². The van der Waals surface area contributed by atoms with E-state index >= 15 is 0 Å². The number of hydrogen-bond donors (Lipinski definition) is 0. The molecule has 0 aliphatic carbocycles. The molecule has 2 aromatic heterocycles. The topological polar surface area (TPSA) is 13.1 Å². The Morgan fingerprint density at radius 3 is 1.05 bits per heavy atom. The van der Waals surface area contributed by atoms with Gasteiger partial charge in [-0.3, -0.25) is 0 Å². The van der Waals surface area contributed by atoms with Gasteiger partial charge in [-0.25, -0.2) is 0 Å². The van der Waals surface area contributed by atoms with Gasteiger partial charge in [0.1, 0.15) is 11.2 Å². The fourth-order valence-electron chi connectivity index (χ4n) is 10.7. The summed E-state index contributed by atoms with van der Waals surface area (Å²) in [6, 6.07) is 23.6. The van der Waals surface area contributed by atoms with Gasteiger partial charge in [0.15, 0.2) is 0 Å². The minimum atomic E-state index is 1.04. The number of rotatable bonds is 38. The molecule has 0 bridgehead atoms. The monoisotopic (exact) mass is 885 g/mol. The summed E-state index contributed by atoms with van der Waals surface area (Å²) < 4.78 is 9.55. The molecule has 4 aromatic carbocycles. The number of unbranched alkanes of at least 4 members (excludes halogenated alkanes) is 34. The van der Waals surface area contributed by atoms with Crippen LogP contribution in [0.2, 0.25) is 0 Å². The summed E-state index contributed by atoms with van der Waals surface area (Å²) in [4.78, 5) is 0. The number of aryl methyl sites for hydroxylation is 2. The molecular weight excluding hydrogens is 793 g/mol. The molecular formula is C62H92OS. The van der Waals surface area contributed by atoms with Crippen LogP contribution in [0, 0.1) is 0 Å². The number of fused-ring (bicyclic) bond motifs is 9. The highest BCUT2D eigenvalue weighted by Gasteiger charge is 2.15. The lowest BCUT2D eigenvalue weighted by Gasteiger charge is -2.04. The molecule has 0 fully saturated rings. The van der Waals surface area contributed by atoms with E-state index in [-0.39, 0.29) is 0 Å². The molecule has 1 nitrogen and oxygen atoms in total. The van der Waals surface area contributed by atoms with Gasteiger partial charge in [0.05, 0.1) is 0 Å². The Morgan fingerprint density at radius 1 is 0.312 bits per heavy atom. The predicted octanol–water partition coefficient (Wildman–Crippen LogP) is 22.3. The first-order valence-electron chi connectivity index (χ1n) is 28.0. The standard InChI is InChI=1S/C62H92OS/c1-3-5-7-9-11-13-15-17-19-21-23-25-27-29-31-33-35-37-39-51-41-43-53-55-45-48-58-56(61(55)63-59(53)49-51)46-47-57-54-44-42-52(50-60(54)64-62(57)58)40-38-36-34-32-30-28-26-24-22-20-18-16-14-12-10-8-6-4-2/h41-50H,3-40H2,1-2H3. The van der Waals surface area contributed by atoms with Crippen molar-refractivity contribution in [1.29, 1.82) is 0 Å². The molecule has 6 aromatic rings. The van der Waals surface area contributed by atoms with Crippen molar-refractivity contribution < 1.29 is 4.42 Å². The third-order valence-electron chi connectivity index (χ3n) is 14.8. The van der Waals surface area contributed by atoms with Crippen molar-refractivity contribution in [2.75, 3.05) is 0 Å². The first-order valence-corrected chi connectivity index (χ1v) is 28.8. The van der Waals surface area contributed by atoms with E-state index in [0.717, 1.165) is 17.6 Å². The van der Waals surface area contributed by atoms with Gasteiger partial charge in [-0.2, -0.15) is 0 Å². The van der Waals surface area contributed by atoms with E-state index in [1.54, 1.807) is 0 Å². The van der Waals surface area contributed by atoms with Crippen LogP contribution in [0.1, 0.15) is 256 Å². The van der Waals surface area contributed by atoms with Crippen molar-refractivity contribution in [3.8, 4) is 0 Å². The molecule has 0 radical (unpaired) electrons. The SMILES string of the molecule is CCCCCCCCCCCCCCCCCCCCc1ccc2c(c1)oc1c2ccc2c1ccc1c3ccc(CCCCCCCCCCCCCCCCCCCC)cc3sc12. The average molecular weight is 885 g/mol. The minimum absolute atomic E-state index is 1.04. The van der Waals surface area contributed by atoms with E-state index in [1.165, 1.54) is 290 Å². The van der Waals surface area contributed by atoms with Gasteiger partial charge in [-0.15, -0.1) is 11.3 Å². The molecule has 0 atom stereocenters. The highest BCUT2D eigenvalue weighted by molar-refractivity contribution is 7.26. The van der Waals surface area contributed by atoms with Gasteiger partial charge in [-0.1, -0.05) is 269 Å². The number of furan rings is 1. The highest BCUT2D eigenvalue weighted by Crippen LogP contribution is 2.42. The van der Waals surface area contributed by atoms with Crippen LogP contribution < -0.4 is 0 Å². The maximum Gasteiger partial charge on any atom is 0.143 e. The predicted molar refractivity (Wildman–Crippen MR) is 289 cm³/mol. The zero-order valence-electron chi connectivity index (χ0n) is 41.5. The van der Waals surface area contributed by atoms with E-state index in [0.29, 0.717) is 0 Å². The molecule has 352 valence electrons. The van der Waals surface area contributed by atoms with Crippen molar-refractivity contribution in [3.05, 3.63) is 71.8 Å². The Kier molecular flexibility index (Phi) is 24.1. The average Bonchev–Trinajstić information content (AvgIpc) is 3.89. The van der Waals surface area contributed by atoms with Gasteiger partial charge in [0, 0.05) is 41.7 Å². The van der Waals surface area contributed by atoms with E-state index in [1.807, 2.05) is 11.3 Å². The molecule has 2 heteroatoms. The van der Waals surface area contributed by atoms with Crippen molar-refractivity contribution in [3.63, 3.8) is 0 Å². The van der Waals surface area contributed by atoms with Crippen molar-refractivity contribution in [1.82, 2.24) is 0 Å². The summed E-state index contributed by atoms with van der Waals surface area (Å²) in [5, 5.41) is 7.85.